The number of amides is 2. The third-order valence-corrected chi connectivity index (χ3v) is 10.4. The van der Waals surface area contributed by atoms with E-state index in [2.05, 4.69) is 34.1 Å². The Bertz CT molecular complexity index is 1920. The summed E-state index contributed by atoms with van der Waals surface area (Å²) in [6.45, 7) is 7.31. The van der Waals surface area contributed by atoms with Crippen LogP contribution in [0.2, 0.25) is 0 Å². The zero-order valence-corrected chi connectivity index (χ0v) is 29.3. The molecule has 6 rings (SSSR count). The Hall–Kier alpha value is -3.61. The lowest BCUT2D eigenvalue weighted by Gasteiger charge is -2.33. The van der Waals surface area contributed by atoms with E-state index in [4.69, 9.17) is 13.7 Å². The third kappa shape index (κ3) is 7.76. The molecule has 2 amide bonds. The van der Waals surface area contributed by atoms with Gasteiger partial charge >= 0.3 is 6.09 Å². The number of benzene rings is 2. The van der Waals surface area contributed by atoms with E-state index in [1.54, 1.807) is 29.4 Å². The lowest BCUT2D eigenvalue weighted by molar-refractivity contribution is 0.0452. The van der Waals surface area contributed by atoms with Crippen LogP contribution in [0.4, 0.5) is 4.79 Å². The van der Waals surface area contributed by atoms with Crippen molar-refractivity contribution in [2.45, 2.75) is 71.1 Å². The van der Waals surface area contributed by atoms with Gasteiger partial charge in [-0.15, -0.1) is 11.3 Å². The van der Waals surface area contributed by atoms with Gasteiger partial charge in [-0.3, -0.25) is 8.98 Å². The Morgan fingerprint density at radius 3 is 2.55 bits per heavy atom. The summed E-state index contributed by atoms with van der Waals surface area (Å²) in [5.74, 6) is 1.04. The van der Waals surface area contributed by atoms with Crippen molar-refractivity contribution in [2.24, 2.45) is 5.92 Å². The normalized spacial score (nSPS) is 17.3. The zero-order chi connectivity index (χ0) is 33.5. The fourth-order valence-corrected chi connectivity index (χ4v) is 8.09. The number of hydrogen-bond acceptors (Lipinski definition) is 8. The molecule has 1 aliphatic carbocycles. The van der Waals surface area contributed by atoms with E-state index in [0.717, 1.165) is 62.8 Å². The molecule has 1 aliphatic heterocycles. The number of aromatic nitrogens is 1. The van der Waals surface area contributed by atoms with E-state index in [1.165, 1.54) is 12.8 Å². The summed E-state index contributed by atoms with van der Waals surface area (Å²) in [4.78, 5) is 29.2. The molecular weight excluding hydrogens is 639 g/mol. The lowest BCUT2D eigenvalue weighted by Crippen LogP contribution is -2.50. The van der Waals surface area contributed by atoms with Gasteiger partial charge in [-0.1, -0.05) is 18.2 Å². The average Bonchev–Trinajstić information content (AvgIpc) is 3.65. The second-order valence-corrected chi connectivity index (χ2v) is 16.3. The van der Waals surface area contributed by atoms with Gasteiger partial charge in [0.25, 0.3) is 16.0 Å². The topological polar surface area (TPSA) is 116 Å². The van der Waals surface area contributed by atoms with Gasteiger partial charge in [0.15, 0.2) is 0 Å². The Kier molecular flexibility index (Phi) is 9.30. The van der Waals surface area contributed by atoms with E-state index in [9.17, 15) is 18.0 Å². The number of methoxy groups -OCH3 is 1. The SMILES string of the molecule is COc1cc(C(=O)N2CCC[C@@H](NC(=O)OC(C)(C)C)C2)cc2sc(-c3cc4ccccc4n3CC3CC3)c(CCOS(C)(=O)=O)c12. The van der Waals surface area contributed by atoms with E-state index < -0.39 is 21.8 Å². The Labute approximate surface area is 280 Å². The summed E-state index contributed by atoms with van der Waals surface area (Å²) in [5, 5.41) is 4.92. The number of ether oxygens (including phenoxy) is 2. The van der Waals surface area contributed by atoms with Gasteiger partial charge in [0.2, 0.25) is 0 Å². The molecule has 1 saturated carbocycles. The van der Waals surface area contributed by atoms with E-state index in [0.29, 0.717) is 36.7 Å². The molecule has 2 fully saturated rings. The predicted molar refractivity (Wildman–Crippen MR) is 185 cm³/mol. The number of carbonyl (C=O) groups excluding carboxylic acids is 2. The second kappa shape index (κ2) is 13.1. The first-order valence-electron chi connectivity index (χ1n) is 16.1. The molecule has 0 spiro atoms. The van der Waals surface area contributed by atoms with Crippen molar-refractivity contribution in [3.63, 3.8) is 0 Å². The Balaban J connectivity index is 1.38. The number of piperidine rings is 1. The number of likely N-dealkylation sites (tertiary alicyclic amines) is 1. The molecule has 2 aromatic heterocycles. The highest BCUT2D eigenvalue weighted by atomic mass is 32.2. The molecule has 0 radical (unpaired) electrons. The molecule has 2 aromatic carbocycles. The van der Waals surface area contributed by atoms with Crippen LogP contribution in [0.1, 0.15) is 62.4 Å². The van der Waals surface area contributed by atoms with Crippen LogP contribution in [-0.2, 0) is 32.0 Å². The summed E-state index contributed by atoms with van der Waals surface area (Å²) in [5.41, 5.74) is 3.05. The quantitative estimate of drug-likeness (QED) is 0.188. The van der Waals surface area contributed by atoms with E-state index in [-0.39, 0.29) is 18.6 Å². The van der Waals surface area contributed by atoms with Crippen molar-refractivity contribution in [2.75, 3.05) is 33.1 Å². The van der Waals surface area contributed by atoms with Gasteiger partial charge in [0, 0.05) is 52.2 Å². The van der Waals surface area contributed by atoms with Crippen molar-refractivity contribution >= 4 is 54.4 Å². The first-order valence-corrected chi connectivity index (χ1v) is 18.8. The van der Waals surface area contributed by atoms with Gasteiger partial charge in [-0.25, -0.2) is 4.79 Å². The third-order valence-electron chi connectivity index (χ3n) is 8.58. The summed E-state index contributed by atoms with van der Waals surface area (Å²) in [6, 6.07) is 14.0. The molecule has 1 saturated heterocycles. The van der Waals surface area contributed by atoms with Crippen molar-refractivity contribution < 1.29 is 31.7 Å². The molecule has 252 valence electrons. The molecule has 4 aromatic rings. The average molecular weight is 682 g/mol. The fraction of sp³-hybridized carbons (Fsp3) is 0.486. The number of rotatable bonds is 10. The fourth-order valence-electron chi connectivity index (χ4n) is 6.37. The standard InChI is InChI=1S/C35H43N3O7S2/c1-35(2,3)45-34(40)36-25-10-8-15-37(21-25)33(39)24-18-29(43-4)31-26(14-16-44-47(5,41)42)32(46-30(31)19-24)28-17-23-9-6-7-11-27(23)38(28)20-22-12-13-22/h6-7,9,11,17-19,22,25H,8,10,12-16,20-21H2,1-5H3,(H,36,40)/t25-/m1/s1. The predicted octanol–water partition coefficient (Wildman–Crippen LogP) is 6.59. The summed E-state index contributed by atoms with van der Waals surface area (Å²) < 4.78 is 43.6. The van der Waals surface area contributed by atoms with Crippen LogP contribution in [0.25, 0.3) is 31.6 Å². The summed E-state index contributed by atoms with van der Waals surface area (Å²) >= 11 is 1.58. The van der Waals surface area contributed by atoms with Gasteiger partial charge < -0.3 is 24.3 Å². The molecule has 47 heavy (non-hydrogen) atoms. The number of para-hydroxylation sites is 1. The number of thiophene rings is 1. The molecule has 12 heteroatoms. The van der Waals surface area contributed by atoms with Crippen LogP contribution < -0.4 is 10.1 Å². The maximum atomic E-state index is 14.0. The molecule has 10 nitrogen and oxygen atoms in total. The number of carbonyl (C=O) groups is 2. The van der Waals surface area contributed by atoms with Gasteiger partial charge in [-0.05, 0) is 88.6 Å². The number of alkyl carbamates (subject to hydrolysis) is 1. The largest absolute Gasteiger partial charge is 0.496 e. The summed E-state index contributed by atoms with van der Waals surface area (Å²) in [6.07, 6.45) is 4.84. The molecule has 0 unspecified atom stereocenters. The van der Waals surface area contributed by atoms with Crippen LogP contribution in [0.15, 0.2) is 42.5 Å². The molecule has 2 aliphatic rings. The van der Waals surface area contributed by atoms with Crippen molar-refractivity contribution in [1.29, 1.82) is 0 Å². The van der Waals surface area contributed by atoms with Crippen LogP contribution in [0.5, 0.6) is 5.75 Å². The first kappa shape index (κ1) is 33.3. The Morgan fingerprint density at radius 1 is 1.09 bits per heavy atom. The first-order chi connectivity index (χ1) is 22.3. The summed E-state index contributed by atoms with van der Waals surface area (Å²) in [7, 11) is -2.04. The number of nitrogens with one attached hydrogen (secondary N) is 1. The lowest BCUT2D eigenvalue weighted by atomic mass is 10.0. The molecule has 1 N–H and O–H groups in total. The minimum absolute atomic E-state index is 0.00975. The highest BCUT2D eigenvalue weighted by molar-refractivity contribution is 7.85. The Morgan fingerprint density at radius 2 is 1.85 bits per heavy atom. The smallest absolute Gasteiger partial charge is 0.407 e. The maximum absolute atomic E-state index is 14.0. The van der Waals surface area contributed by atoms with Crippen LogP contribution >= 0.6 is 11.3 Å². The molecular formula is C35H43N3O7S2. The zero-order valence-electron chi connectivity index (χ0n) is 27.6. The van der Waals surface area contributed by atoms with E-state index >= 15 is 0 Å². The van der Waals surface area contributed by atoms with Crippen molar-refractivity contribution in [3.05, 3.63) is 53.6 Å². The van der Waals surface area contributed by atoms with Crippen LogP contribution in [-0.4, -0.2) is 74.6 Å². The number of nitrogens with zero attached hydrogens (tertiary/aromatic N) is 2. The minimum atomic E-state index is -3.63. The monoisotopic (exact) mass is 681 g/mol. The highest BCUT2D eigenvalue weighted by Gasteiger charge is 2.30. The van der Waals surface area contributed by atoms with Crippen LogP contribution in [0.3, 0.4) is 0 Å². The second-order valence-electron chi connectivity index (χ2n) is 13.6. The molecule has 1 atom stereocenters. The highest BCUT2D eigenvalue weighted by Crippen LogP contribution is 2.46. The molecule has 0 bridgehead atoms. The minimum Gasteiger partial charge on any atom is -0.496 e. The van der Waals surface area contributed by atoms with Gasteiger partial charge in [0.1, 0.15) is 11.4 Å². The van der Waals surface area contributed by atoms with Crippen molar-refractivity contribution in [1.82, 2.24) is 14.8 Å². The number of hydrogen-bond donors (Lipinski definition) is 1. The number of fused-ring (bicyclic) bond motifs is 2. The van der Waals surface area contributed by atoms with Crippen molar-refractivity contribution in [3.8, 4) is 16.3 Å². The molecule has 3 heterocycles. The van der Waals surface area contributed by atoms with E-state index in [1.807, 2.05) is 32.9 Å². The van der Waals surface area contributed by atoms with Gasteiger partial charge in [-0.2, -0.15) is 8.42 Å². The maximum Gasteiger partial charge on any atom is 0.407 e. The van der Waals surface area contributed by atoms with Gasteiger partial charge in [0.05, 0.1) is 30.5 Å². The van der Waals surface area contributed by atoms with Crippen LogP contribution in [0, 0.1) is 5.92 Å².